The van der Waals surface area contributed by atoms with Crippen LogP contribution >= 0.6 is 0 Å². The zero-order valence-electron chi connectivity index (χ0n) is 7.77. The van der Waals surface area contributed by atoms with Crippen LogP contribution in [0.5, 0.6) is 0 Å². The SMILES string of the molecule is O=c1oc2c3ccccc3n(F)c2oc1=O. The Bertz CT molecular complexity index is 811. The van der Waals surface area contributed by atoms with Gasteiger partial charge in [-0.25, -0.2) is 9.59 Å². The first-order chi connectivity index (χ1) is 7.68. The minimum absolute atomic E-state index is 0.0669. The molecule has 0 aliphatic heterocycles. The molecule has 3 aromatic rings. The topological polar surface area (TPSA) is 65.3 Å². The summed E-state index contributed by atoms with van der Waals surface area (Å²) in [6.45, 7) is 0. The number of rotatable bonds is 0. The van der Waals surface area contributed by atoms with E-state index in [9.17, 15) is 14.1 Å². The van der Waals surface area contributed by atoms with Crippen molar-refractivity contribution in [2.75, 3.05) is 0 Å². The average molecular weight is 221 g/mol. The number of benzene rings is 1. The van der Waals surface area contributed by atoms with Gasteiger partial charge < -0.3 is 8.83 Å². The smallest absolute Gasteiger partial charge is 0.411 e. The number of nitrogens with zero attached hydrogens (tertiary/aromatic N) is 1. The van der Waals surface area contributed by atoms with E-state index in [1.54, 1.807) is 18.2 Å². The van der Waals surface area contributed by atoms with Crippen molar-refractivity contribution in [2.45, 2.75) is 0 Å². The van der Waals surface area contributed by atoms with E-state index in [0.717, 1.165) is 0 Å². The fourth-order valence-electron chi connectivity index (χ4n) is 1.60. The van der Waals surface area contributed by atoms with Gasteiger partial charge in [0.25, 0.3) is 5.71 Å². The number of hydrogen-bond acceptors (Lipinski definition) is 4. The maximum atomic E-state index is 13.7. The van der Waals surface area contributed by atoms with Gasteiger partial charge in [-0.15, -0.1) is 4.79 Å². The van der Waals surface area contributed by atoms with E-state index in [4.69, 9.17) is 4.42 Å². The van der Waals surface area contributed by atoms with Crippen LogP contribution in [0.15, 0.2) is 42.7 Å². The van der Waals surface area contributed by atoms with E-state index in [0.29, 0.717) is 5.39 Å². The minimum atomic E-state index is -1.23. The summed E-state index contributed by atoms with van der Waals surface area (Å²) in [5, 5.41) is 0.376. The number of hydrogen-bond donors (Lipinski definition) is 0. The summed E-state index contributed by atoms with van der Waals surface area (Å²) in [7, 11) is 0. The van der Waals surface area contributed by atoms with Crippen LogP contribution in [-0.4, -0.2) is 4.79 Å². The van der Waals surface area contributed by atoms with E-state index in [-0.39, 0.29) is 15.9 Å². The van der Waals surface area contributed by atoms with Crippen molar-refractivity contribution in [3.05, 3.63) is 45.1 Å². The van der Waals surface area contributed by atoms with Crippen molar-refractivity contribution < 1.29 is 13.3 Å². The summed E-state index contributed by atoms with van der Waals surface area (Å²) in [4.78, 5) is 22.1. The van der Waals surface area contributed by atoms with E-state index < -0.39 is 17.0 Å². The summed E-state index contributed by atoms with van der Waals surface area (Å²) in [6.07, 6.45) is 0. The molecule has 0 saturated heterocycles. The maximum Gasteiger partial charge on any atom is 0.424 e. The van der Waals surface area contributed by atoms with Crippen molar-refractivity contribution in [3.8, 4) is 0 Å². The van der Waals surface area contributed by atoms with Crippen LogP contribution < -0.4 is 11.3 Å². The van der Waals surface area contributed by atoms with Crippen molar-refractivity contribution >= 4 is 22.2 Å². The number of para-hydroxylation sites is 1. The Hall–Kier alpha value is -2.37. The molecule has 3 rings (SSSR count). The van der Waals surface area contributed by atoms with Gasteiger partial charge in [-0.2, -0.15) is 0 Å². The molecule has 80 valence electrons. The third-order valence-corrected chi connectivity index (χ3v) is 2.28. The van der Waals surface area contributed by atoms with Crippen LogP contribution in [0, 0.1) is 0 Å². The molecule has 0 aliphatic rings. The second-order valence-corrected chi connectivity index (χ2v) is 3.21. The lowest BCUT2D eigenvalue weighted by molar-refractivity contribution is 0.352. The molecule has 16 heavy (non-hydrogen) atoms. The minimum Gasteiger partial charge on any atom is -0.411 e. The van der Waals surface area contributed by atoms with Gasteiger partial charge in [0.2, 0.25) is 5.58 Å². The zero-order chi connectivity index (χ0) is 11.3. The lowest BCUT2D eigenvalue weighted by Gasteiger charge is -1.88. The Morgan fingerprint density at radius 2 is 1.75 bits per heavy atom. The predicted molar refractivity (Wildman–Crippen MR) is 53.0 cm³/mol. The first-order valence-electron chi connectivity index (χ1n) is 4.42. The molecule has 0 saturated carbocycles. The van der Waals surface area contributed by atoms with E-state index >= 15 is 0 Å². The van der Waals surface area contributed by atoms with Crippen molar-refractivity contribution in [1.29, 1.82) is 0 Å². The monoisotopic (exact) mass is 221 g/mol. The van der Waals surface area contributed by atoms with Crippen LogP contribution in [0.1, 0.15) is 0 Å². The molecule has 2 aromatic heterocycles. The Labute approximate surface area is 86.2 Å². The number of aromatic nitrogens is 1. The first kappa shape index (κ1) is 8.90. The molecular formula is C10H4FNO4. The highest BCUT2D eigenvalue weighted by atomic mass is 19.2. The molecule has 0 spiro atoms. The molecule has 1 aromatic carbocycles. The molecule has 0 aliphatic carbocycles. The number of halogens is 1. The van der Waals surface area contributed by atoms with Gasteiger partial charge in [0.15, 0.2) is 0 Å². The third kappa shape index (κ3) is 0.979. The standard InChI is InChI=1S/C10H4FNO4/c11-12-6-4-2-1-3-5(6)7-8(12)16-10(14)9(13)15-7/h1-4H. The quantitative estimate of drug-likeness (QED) is 0.538. The van der Waals surface area contributed by atoms with Crippen molar-refractivity contribution in [1.82, 2.24) is 4.79 Å². The summed E-state index contributed by atoms with van der Waals surface area (Å²) >= 11 is 0. The third-order valence-electron chi connectivity index (χ3n) is 2.28. The van der Waals surface area contributed by atoms with Crippen LogP contribution in [0.3, 0.4) is 0 Å². The van der Waals surface area contributed by atoms with Gasteiger partial charge >= 0.3 is 11.3 Å². The highest BCUT2D eigenvalue weighted by Crippen LogP contribution is 2.26. The Balaban J connectivity index is 2.73. The van der Waals surface area contributed by atoms with Crippen molar-refractivity contribution in [3.63, 3.8) is 0 Å². The van der Waals surface area contributed by atoms with Crippen LogP contribution in [0.25, 0.3) is 22.2 Å². The Morgan fingerprint density at radius 1 is 1.06 bits per heavy atom. The molecule has 0 bridgehead atoms. The first-order valence-corrected chi connectivity index (χ1v) is 4.42. The summed E-state index contributed by atoms with van der Waals surface area (Å²) in [5.41, 5.74) is -2.67. The lowest BCUT2D eigenvalue weighted by atomic mass is 10.2. The van der Waals surface area contributed by atoms with Gasteiger partial charge in [0.1, 0.15) is 0 Å². The van der Waals surface area contributed by atoms with Crippen molar-refractivity contribution in [2.24, 2.45) is 0 Å². The van der Waals surface area contributed by atoms with E-state index in [1.165, 1.54) is 6.07 Å². The molecule has 0 radical (unpaired) electrons. The number of fused-ring (bicyclic) bond motifs is 3. The lowest BCUT2D eigenvalue weighted by Crippen LogP contribution is -2.20. The normalized spacial score (nSPS) is 11.3. The Morgan fingerprint density at radius 3 is 2.56 bits per heavy atom. The highest BCUT2D eigenvalue weighted by Gasteiger charge is 2.16. The second-order valence-electron chi connectivity index (χ2n) is 3.21. The molecule has 0 atom stereocenters. The summed E-state index contributed by atoms with van der Waals surface area (Å²) in [5.74, 6) is 0. The fraction of sp³-hybridized carbons (Fsp3) is 0. The van der Waals surface area contributed by atoms with Gasteiger partial charge in [-0.1, -0.05) is 16.6 Å². The molecule has 0 N–H and O–H groups in total. The van der Waals surface area contributed by atoms with Crippen LogP contribution in [0.4, 0.5) is 4.48 Å². The molecule has 6 heteroatoms. The van der Waals surface area contributed by atoms with Crippen LogP contribution in [-0.2, 0) is 0 Å². The second kappa shape index (κ2) is 2.82. The zero-order valence-corrected chi connectivity index (χ0v) is 7.77. The summed E-state index contributed by atoms with van der Waals surface area (Å²) in [6, 6.07) is 6.33. The van der Waals surface area contributed by atoms with E-state index in [2.05, 4.69) is 4.42 Å². The fourth-order valence-corrected chi connectivity index (χ4v) is 1.60. The highest BCUT2D eigenvalue weighted by molar-refractivity contribution is 6.01. The molecule has 0 unspecified atom stereocenters. The van der Waals surface area contributed by atoms with Gasteiger partial charge in [-0.05, 0) is 12.1 Å². The van der Waals surface area contributed by atoms with Gasteiger partial charge in [0.05, 0.1) is 5.52 Å². The molecule has 0 fully saturated rings. The largest absolute Gasteiger partial charge is 0.424 e. The average Bonchev–Trinajstić information content (AvgIpc) is 2.55. The Kier molecular flexibility index (Phi) is 1.57. The van der Waals surface area contributed by atoms with E-state index in [1.807, 2.05) is 0 Å². The molecule has 5 nitrogen and oxygen atoms in total. The maximum absolute atomic E-state index is 13.7. The van der Waals surface area contributed by atoms with Gasteiger partial charge in [-0.3, -0.25) is 0 Å². The molecular weight excluding hydrogens is 217 g/mol. The summed E-state index contributed by atoms with van der Waals surface area (Å²) < 4.78 is 22.9. The molecule has 2 heterocycles. The van der Waals surface area contributed by atoms with Crippen LogP contribution in [0.2, 0.25) is 0 Å². The molecule has 0 amide bonds. The predicted octanol–water partition coefficient (Wildman–Crippen LogP) is 1.43. The van der Waals surface area contributed by atoms with Gasteiger partial charge in [0, 0.05) is 5.39 Å².